The van der Waals surface area contributed by atoms with E-state index in [0.29, 0.717) is 13.0 Å². The Morgan fingerprint density at radius 2 is 2.06 bits per heavy atom. The van der Waals surface area contributed by atoms with Gasteiger partial charge in [-0.1, -0.05) is 42.5 Å². The molecule has 1 amide bonds. The van der Waals surface area contributed by atoms with E-state index in [2.05, 4.69) is 0 Å². The van der Waals surface area contributed by atoms with Crippen LogP contribution in [0.5, 0.6) is 0 Å². The zero-order valence-corrected chi connectivity index (χ0v) is 9.36. The van der Waals surface area contributed by atoms with Crippen molar-refractivity contribution in [1.29, 1.82) is 0 Å². The number of rotatable bonds is 3. The molecule has 1 aliphatic rings. The Bertz CT molecular complexity index is 416. The zero-order chi connectivity index (χ0) is 12.3. The molecule has 2 atom stereocenters. The van der Waals surface area contributed by atoms with Gasteiger partial charge in [-0.15, -0.1) is 0 Å². The molecule has 0 aliphatic heterocycles. The molecule has 1 aromatic carbocycles. The molecular formula is C13H15NO3. The smallest absolute Gasteiger partial charge is 0.408 e. The first-order valence-electron chi connectivity index (χ1n) is 5.56. The molecule has 17 heavy (non-hydrogen) atoms. The summed E-state index contributed by atoms with van der Waals surface area (Å²) in [5.74, 6) is 0. The van der Waals surface area contributed by atoms with Gasteiger partial charge in [0.1, 0.15) is 0 Å². The van der Waals surface area contributed by atoms with E-state index in [1.807, 2.05) is 36.4 Å². The van der Waals surface area contributed by atoms with Crippen LogP contribution in [0.15, 0.2) is 42.5 Å². The van der Waals surface area contributed by atoms with Crippen molar-refractivity contribution in [3.8, 4) is 0 Å². The molecule has 1 aromatic rings. The van der Waals surface area contributed by atoms with Crippen LogP contribution in [-0.2, 0) is 6.54 Å². The number of amides is 1. The maximum atomic E-state index is 11.2. The van der Waals surface area contributed by atoms with Gasteiger partial charge in [0.25, 0.3) is 0 Å². The molecule has 2 N–H and O–H groups in total. The van der Waals surface area contributed by atoms with Gasteiger partial charge in [-0.2, -0.15) is 0 Å². The predicted molar refractivity (Wildman–Crippen MR) is 63.6 cm³/mol. The summed E-state index contributed by atoms with van der Waals surface area (Å²) in [6.45, 7) is 0.294. The molecule has 0 bridgehead atoms. The van der Waals surface area contributed by atoms with Crippen molar-refractivity contribution in [3.63, 3.8) is 0 Å². The highest BCUT2D eigenvalue weighted by atomic mass is 16.4. The van der Waals surface area contributed by atoms with Gasteiger partial charge in [0.05, 0.1) is 12.1 Å². The van der Waals surface area contributed by atoms with Crippen LogP contribution >= 0.6 is 0 Å². The van der Waals surface area contributed by atoms with E-state index in [1.165, 1.54) is 4.90 Å². The van der Waals surface area contributed by atoms with E-state index in [4.69, 9.17) is 0 Å². The Kier molecular flexibility index (Phi) is 3.44. The number of carbonyl (C=O) groups is 1. The van der Waals surface area contributed by atoms with Crippen LogP contribution in [-0.4, -0.2) is 33.4 Å². The molecular weight excluding hydrogens is 218 g/mol. The minimum atomic E-state index is -1.01. The summed E-state index contributed by atoms with van der Waals surface area (Å²) in [6.07, 6.45) is 2.44. The molecule has 0 aromatic heterocycles. The first-order valence-corrected chi connectivity index (χ1v) is 5.56. The van der Waals surface area contributed by atoms with Crippen LogP contribution in [0, 0.1) is 0 Å². The third-order valence-corrected chi connectivity index (χ3v) is 2.91. The van der Waals surface area contributed by atoms with Crippen molar-refractivity contribution < 1.29 is 15.0 Å². The largest absolute Gasteiger partial charge is 0.465 e. The average molecular weight is 233 g/mol. The second-order valence-electron chi connectivity index (χ2n) is 4.12. The van der Waals surface area contributed by atoms with Gasteiger partial charge in [-0.05, 0) is 12.0 Å². The van der Waals surface area contributed by atoms with E-state index in [9.17, 15) is 15.0 Å². The summed E-state index contributed by atoms with van der Waals surface area (Å²) < 4.78 is 0. The standard InChI is InChI=1S/C13H15NO3/c15-12-8-4-7-11(12)14(13(16)17)9-10-5-2-1-3-6-10/h1-7,11-12,15H,8-9H2,(H,16,17)/t11-,12-/m0/s1. The highest BCUT2D eigenvalue weighted by molar-refractivity contribution is 5.66. The summed E-state index contributed by atoms with van der Waals surface area (Å²) in [5, 5.41) is 18.9. The molecule has 4 heteroatoms. The first-order chi connectivity index (χ1) is 8.18. The van der Waals surface area contributed by atoms with Gasteiger partial charge in [0.15, 0.2) is 0 Å². The number of hydrogen-bond acceptors (Lipinski definition) is 2. The van der Waals surface area contributed by atoms with Crippen molar-refractivity contribution >= 4 is 6.09 Å². The van der Waals surface area contributed by atoms with Crippen LogP contribution in [0.4, 0.5) is 4.79 Å². The maximum Gasteiger partial charge on any atom is 0.408 e. The highest BCUT2D eigenvalue weighted by Gasteiger charge is 2.29. The summed E-state index contributed by atoms with van der Waals surface area (Å²) in [4.78, 5) is 12.5. The Balaban J connectivity index is 2.13. The fourth-order valence-electron chi connectivity index (χ4n) is 2.02. The van der Waals surface area contributed by atoms with E-state index in [-0.39, 0.29) is 0 Å². The fraction of sp³-hybridized carbons (Fsp3) is 0.308. The minimum absolute atomic E-state index is 0.294. The number of aliphatic hydroxyl groups excluding tert-OH is 1. The summed E-state index contributed by atoms with van der Waals surface area (Å²) in [5.41, 5.74) is 0.919. The van der Waals surface area contributed by atoms with Crippen LogP contribution in [0.1, 0.15) is 12.0 Å². The molecule has 0 radical (unpaired) electrons. The molecule has 0 spiro atoms. The fourth-order valence-corrected chi connectivity index (χ4v) is 2.02. The Labute approximate surface area is 99.8 Å². The van der Waals surface area contributed by atoms with Crippen molar-refractivity contribution in [1.82, 2.24) is 4.90 Å². The second-order valence-corrected chi connectivity index (χ2v) is 4.12. The molecule has 1 aliphatic carbocycles. The molecule has 4 nitrogen and oxygen atoms in total. The molecule has 0 saturated carbocycles. The van der Waals surface area contributed by atoms with Crippen molar-refractivity contribution in [3.05, 3.63) is 48.0 Å². The zero-order valence-electron chi connectivity index (χ0n) is 9.36. The Hall–Kier alpha value is -1.81. The minimum Gasteiger partial charge on any atom is -0.465 e. The SMILES string of the molecule is O=C(O)N(Cc1ccccc1)[C@H]1C=CC[C@@H]1O. The van der Waals surface area contributed by atoms with Gasteiger partial charge in [0.2, 0.25) is 0 Å². The van der Waals surface area contributed by atoms with Crippen LogP contribution in [0.2, 0.25) is 0 Å². The number of hydrogen-bond donors (Lipinski definition) is 2. The lowest BCUT2D eigenvalue weighted by atomic mass is 10.1. The number of benzene rings is 1. The monoisotopic (exact) mass is 233 g/mol. The number of aliphatic hydroxyl groups is 1. The molecule has 0 unspecified atom stereocenters. The summed E-state index contributed by atoms with van der Waals surface area (Å²) in [6, 6.07) is 8.95. The molecule has 2 rings (SSSR count). The Morgan fingerprint density at radius 1 is 1.35 bits per heavy atom. The van der Waals surface area contributed by atoms with Crippen molar-refractivity contribution in [2.45, 2.75) is 25.1 Å². The maximum absolute atomic E-state index is 11.2. The van der Waals surface area contributed by atoms with E-state index >= 15 is 0 Å². The van der Waals surface area contributed by atoms with E-state index < -0.39 is 18.2 Å². The van der Waals surface area contributed by atoms with Crippen LogP contribution < -0.4 is 0 Å². The topological polar surface area (TPSA) is 60.8 Å². The van der Waals surface area contributed by atoms with Crippen molar-refractivity contribution in [2.75, 3.05) is 0 Å². The second kappa shape index (κ2) is 5.01. The number of nitrogens with zero attached hydrogens (tertiary/aromatic N) is 1. The predicted octanol–water partition coefficient (Wildman–Crippen LogP) is 1.86. The van der Waals surface area contributed by atoms with Gasteiger partial charge < -0.3 is 10.2 Å². The average Bonchev–Trinajstić information content (AvgIpc) is 2.73. The van der Waals surface area contributed by atoms with Gasteiger partial charge in [-0.25, -0.2) is 4.79 Å². The lowest BCUT2D eigenvalue weighted by molar-refractivity contribution is 0.0724. The van der Waals surface area contributed by atoms with Gasteiger partial charge in [0, 0.05) is 6.54 Å². The first kappa shape index (κ1) is 11.7. The van der Waals surface area contributed by atoms with Crippen LogP contribution in [0.3, 0.4) is 0 Å². The third-order valence-electron chi connectivity index (χ3n) is 2.91. The molecule has 0 heterocycles. The van der Waals surface area contributed by atoms with Gasteiger partial charge in [-0.3, -0.25) is 4.90 Å². The van der Waals surface area contributed by atoms with Crippen LogP contribution in [0.25, 0.3) is 0 Å². The third kappa shape index (κ3) is 2.65. The summed E-state index contributed by atoms with van der Waals surface area (Å²) >= 11 is 0. The van der Waals surface area contributed by atoms with Crippen molar-refractivity contribution in [2.24, 2.45) is 0 Å². The molecule has 0 fully saturated rings. The van der Waals surface area contributed by atoms with E-state index in [1.54, 1.807) is 6.08 Å². The molecule has 90 valence electrons. The molecule has 0 saturated heterocycles. The summed E-state index contributed by atoms with van der Waals surface area (Å²) in [7, 11) is 0. The quantitative estimate of drug-likeness (QED) is 0.783. The van der Waals surface area contributed by atoms with E-state index in [0.717, 1.165) is 5.56 Å². The highest BCUT2D eigenvalue weighted by Crippen LogP contribution is 2.19. The number of carboxylic acid groups (broad SMARTS) is 1. The van der Waals surface area contributed by atoms with Gasteiger partial charge >= 0.3 is 6.09 Å². The lowest BCUT2D eigenvalue weighted by Gasteiger charge is -2.27. The Morgan fingerprint density at radius 3 is 2.59 bits per heavy atom. The lowest BCUT2D eigenvalue weighted by Crippen LogP contribution is -2.42. The normalized spacial score (nSPS) is 22.6.